The van der Waals surface area contributed by atoms with Gasteiger partial charge in [0, 0.05) is 10.8 Å². The Morgan fingerprint density at radius 2 is 1.76 bits per heavy atom. The molecular weight excluding hydrogens is 258 g/mol. The molecule has 0 unspecified atom stereocenters. The van der Waals surface area contributed by atoms with E-state index in [0.29, 0.717) is 0 Å². The van der Waals surface area contributed by atoms with Gasteiger partial charge in [0.25, 0.3) is 0 Å². The maximum atomic E-state index is 5.88. The van der Waals surface area contributed by atoms with Crippen LogP contribution in [0.2, 0.25) is 0 Å². The lowest BCUT2D eigenvalue weighted by Crippen LogP contribution is -2.23. The highest BCUT2D eigenvalue weighted by atomic mass is 16.5. The summed E-state index contributed by atoms with van der Waals surface area (Å²) in [5.74, 6) is 0.952. The number of rotatable bonds is 4. The van der Waals surface area contributed by atoms with E-state index in [9.17, 15) is 0 Å². The monoisotopic (exact) mass is 279 g/mol. The first kappa shape index (κ1) is 13.9. The van der Waals surface area contributed by atoms with E-state index in [0.717, 1.165) is 30.4 Å². The SMILES string of the molecule is CN(C)CCCc1cccc2c1C=c1ccccc1=CO2. The zero-order chi connectivity index (χ0) is 14.7. The van der Waals surface area contributed by atoms with Gasteiger partial charge in [0.15, 0.2) is 0 Å². The predicted molar refractivity (Wildman–Crippen MR) is 87.7 cm³/mol. The molecule has 1 aliphatic rings. The quantitative estimate of drug-likeness (QED) is 0.850. The van der Waals surface area contributed by atoms with Crippen LogP contribution < -0.4 is 15.2 Å². The van der Waals surface area contributed by atoms with Crippen LogP contribution in [-0.2, 0) is 6.42 Å². The van der Waals surface area contributed by atoms with E-state index in [-0.39, 0.29) is 0 Å². The van der Waals surface area contributed by atoms with Crippen LogP contribution >= 0.6 is 0 Å². The van der Waals surface area contributed by atoms with Crippen molar-refractivity contribution in [1.82, 2.24) is 4.90 Å². The molecule has 0 spiro atoms. The molecule has 1 aliphatic heterocycles. The highest BCUT2D eigenvalue weighted by molar-refractivity contribution is 5.63. The standard InChI is InChI=1S/C19H21NO/c1-20(2)12-6-10-15-9-5-11-19-18(15)13-16-7-3-4-8-17(16)14-21-19/h3-5,7-9,11,13-14H,6,10,12H2,1-2H3. The number of nitrogens with zero attached hydrogens (tertiary/aromatic N) is 1. The normalized spacial score (nSPS) is 12.5. The van der Waals surface area contributed by atoms with Crippen molar-refractivity contribution in [1.29, 1.82) is 0 Å². The fourth-order valence-corrected chi connectivity index (χ4v) is 2.69. The molecule has 2 aromatic carbocycles. The first-order chi connectivity index (χ1) is 10.2. The average molecular weight is 279 g/mol. The summed E-state index contributed by atoms with van der Waals surface area (Å²) in [5.41, 5.74) is 2.58. The number of hydrogen-bond donors (Lipinski definition) is 0. The Morgan fingerprint density at radius 3 is 2.57 bits per heavy atom. The van der Waals surface area contributed by atoms with Crippen molar-refractivity contribution in [3.8, 4) is 5.75 Å². The van der Waals surface area contributed by atoms with Crippen molar-refractivity contribution in [3.63, 3.8) is 0 Å². The van der Waals surface area contributed by atoms with Crippen LogP contribution in [0.25, 0.3) is 12.3 Å². The maximum absolute atomic E-state index is 5.88. The van der Waals surface area contributed by atoms with Crippen LogP contribution in [0.15, 0.2) is 42.5 Å². The summed E-state index contributed by atoms with van der Waals surface area (Å²) in [4.78, 5) is 2.23. The smallest absolute Gasteiger partial charge is 0.134 e. The second kappa shape index (κ2) is 6.15. The van der Waals surface area contributed by atoms with Crippen molar-refractivity contribution < 1.29 is 4.74 Å². The largest absolute Gasteiger partial charge is 0.464 e. The first-order valence-electron chi connectivity index (χ1n) is 7.44. The number of fused-ring (bicyclic) bond motifs is 2. The second-order valence-electron chi connectivity index (χ2n) is 5.74. The highest BCUT2D eigenvalue weighted by Crippen LogP contribution is 2.25. The molecule has 0 saturated carbocycles. The van der Waals surface area contributed by atoms with Gasteiger partial charge in [0.2, 0.25) is 0 Å². The molecule has 2 nitrogen and oxygen atoms in total. The van der Waals surface area contributed by atoms with E-state index in [4.69, 9.17) is 4.74 Å². The summed E-state index contributed by atoms with van der Waals surface area (Å²) in [7, 11) is 4.23. The summed E-state index contributed by atoms with van der Waals surface area (Å²) in [6.07, 6.45) is 6.33. The fraction of sp³-hybridized carbons (Fsp3) is 0.263. The number of ether oxygens (including phenoxy) is 1. The van der Waals surface area contributed by atoms with Gasteiger partial charge in [0.1, 0.15) is 5.75 Å². The van der Waals surface area contributed by atoms with Crippen LogP contribution in [0.3, 0.4) is 0 Å². The molecule has 0 atom stereocenters. The van der Waals surface area contributed by atoms with E-state index < -0.39 is 0 Å². The van der Waals surface area contributed by atoms with Crippen molar-refractivity contribution in [2.75, 3.05) is 20.6 Å². The van der Waals surface area contributed by atoms with Crippen molar-refractivity contribution in [2.24, 2.45) is 0 Å². The maximum Gasteiger partial charge on any atom is 0.134 e. The summed E-state index contributed by atoms with van der Waals surface area (Å²) in [5, 5.41) is 2.35. The summed E-state index contributed by atoms with van der Waals surface area (Å²) in [6.45, 7) is 1.10. The van der Waals surface area contributed by atoms with Gasteiger partial charge in [-0.2, -0.15) is 0 Å². The molecule has 21 heavy (non-hydrogen) atoms. The van der Waals surface area contributed by atoms with E-state index in [1.807, 2.05) is 18.4 Å². The van der Waals surface area contributed by atoms with Crippen LogP contribution in [-0.4, -0.2) is 25.5 Å². The number of aryl methyl sites for hydroxylation is 1. The third kappa shape index (κ3) is 3.17. The molecule has 0 radical (unpaired) electrons. The minimum Gasteiger partial charge on any atom is -0.464 e. The molecule has 0 bridgehead atoms. The van der Waals surface area contributed by atoms with Crippen LogP contribution in [0.1, 0.15) is 17.5 Å². The Morgan fingerprint density at radius 1 is 0.952 bits per heavy atom. The second-order valence-corrected chi connectivity index (χ2v) is 5.74. The minimum atomic E-state index is 0.952. The average Bonchev–Trinajstić information content (AvgIpc) is 2.67. The molecular formula is C19H21NO. The van der Waals surface area contributed by atoms with Gasteiger partial charge in [-0.25, -0.2) is 0 Å². The Bertz CT molecular complexity index is 746. The molecule has 1 heterocycles. The zero-order valence-corrected chi connectivity index (χ0v) is 12.7. The van der Waals surface area contributed by atoms with Crippen LogP contribution in [0.4, 0.5) is 0 Å². The summed E-state index contributed by atoms with van der Waals surface area (Å²) in [6, 6.07) is 14.7. The van der Waals surface area contributed by atoms with Crippen LogP contribution in [0.5, 0.6) is 5.75 Å². The molecule has 2 aromatic rings. The summed E-state index contributed by atoms with van der Waals surface area (Å²) < 4.78 is 5.88. The Hall–Kier alpha value is -2.06. The van der Waals surface area contributed by atoms with Gasteiger partial charge in [-0.05, 0) is 56.4 Å². The van der Waals surface area contributed by atoms with Gasteiger partial charge in [-0.15, -0.1) is 0 Å². The highest BCUT2D eigenvalue weighted by Gasteiger charge is 2.09. The zero-order valence-electron chi connectivity index (χ0n) is 12.7. The fourth-order valence-electron chi connectivity index (χ4n) is 2.69. The van der Waals surface area contributed by atoms with Crippen LogP contribution in [0, 0.1) is 0 Å². The molecule has 0 amide bonds. The molecule has 0 saturated heterocycles. The predicted octanol–water partition coefficient (Wildman–Crippen LogP) is 2.14. The lowest BCUT2D eigenvalue weighted by molar-refractivity contribution is 0.400. The third-order valence-electron chi connectivity index (χ3n) is 3.82. The number of hydrogen-bond acceptors (Lipinski definition) is 2. The van der Waals surface area contributed by atoms with Gasteiger partial charge in [-0.3, -0.25) is 0 Å². The Kier molecular flexibility index (Phi) is 4.07. The lowest BCUT2D eigenvalue weighted by atomic mass is 10.0. The molecule has 3 rings (SSSR count). The van der Waals surface area contributed by atoms with Gasteiger partial charge in [-0.1, -0.05) is 36.4 Å². The molecule has 2 heteroatoms. The Balaban J connectivity index is 1.98. The van der Waals surface area contributed by atoms with Gasteiger partial charge in [0.05, 0.1) is 6.26 Å². The third-order valence-corrected chi connectivity index (χ3v) is 3.82. The van der Waals surface area contributed by atoms with E-state index in [1.54, 1.807) is 0 Å². The van der Waals surface area contributed by atoms with Crippen molar-refractivity contribution >= 4 is 12.3 Å². The molecule has 0 aliphatic carbocycles. The Labute approximate surface area is 126 Å². The van der Waals surface area contributed by atoms with E-state index in [2.05, 4.69) is 55.4 Å². The van der Waals surface area contributed by atoms with Gasteiger partial charge >= 0.3 is 0 Å². The van der Waals surface area contributed by atoms with Crippen molar-refractivity contribution in [3.05, 3.63) is 64.0 Å². The first-order valence-corrected chi connectivity index (χ1v) is 7.44. The lowest BCUT2D eigenvalue weighted by Gasteiger charge is -2.12. The topological polar surface area (TPSA) is 12.5 Å². The minimum absolute atomic E-state index is 0.952. The number of benzene rings is 2. The van der Waals surface area contributed by atoms with Gasteiger partial charge < -0.3 is 9.64 Å². The molecule has 108 valence electrons. The molecule has 0 aromatic heterocycles. The molecule has 0 N–H and O–H groups in total. The van der Waals surface area contributed by atoms with E-state index in [1.165, 1.54) is 16.3 Å². The van der Waals surface area contributed by atoms with E-state index >= 15 is 0 Å². The van der Waals surface area contributed by atoms with Crippen molar-refractivity contribution in [2.45, 2.75) is 12.8 Å². The summed E-state index contributed by atoms with van der Waals surface area (Å²) >= 11 is 0. The molecule has 0 fully saturated rings.